The van der Waals surface area contributed by atoms with Crippen molar-refractivity contribution in [3.05, 3.63) is 46.0 Å². The normalized spacial score (nSPS) is 19.4. The smallest absolute Gasteiger partial charge is 0.273 e. The molecule has 2 aromatic rings. The molecular formula is C25H33ClFN7O2. The molecule has 0 radical (unpaired) electrons. The first-order valence-electron chi connectivity index (χ1n) is 12.3. The summed E-state index contributed by atoms with van der Waals surface area (Å²) in [6.45, 7) is 7.36. The maximum atomic E-state index is 14.3. The quantitative estimate of drug-likeness (QED) is 0.627. The van der Waals surface area contributed by atoms with Gasteiger partial charge in [0.1, 0.15) is 5.82 Å². The van der Waals surface area contributed by atoms with E-state index in [0.717, 1.165) is 31.4 Å². The number of nitrogen functional groups attached to an aromatic ring is 1. The molecule has 3 N–H and O–H groups in total. The first-order valence-corrected chi connectivity index (χ1v) is 12.7. The number of hydrogen-bond acceptors (Lipinski definition) is 7. The molecule has 2 fully saturated rings. The number of amides is 2. The van der Waals surface area contributed by atoms with Crippen LogP contribution in [0.2, 0.25) is 5.15 Å². The summed E-state index contributed by atoms with van der Waals surface area (Å²) in [5.74, 6) is -0.602. The molecule has 0 saturated carbocycles. The average Bonchev–Trinajstić information content (AvgIpc) is 2.88. The highest BCUT2D eigenvalue weighted by molar-refractivity contribution is 6.32. The van der Waals surface area contributed by atoms with E-state index in [1.54, 1.807) is 17.0 Å². The summed E-state index contributed by atoms with van der Waals surface area (Å²) in [4.78, 5) is 39.8. The van der Waals surface area contributed by atoms with Gasteiger partial charge in [0.25, 0.3) is 11.8 Å². The number of nitrogens with zero attached hydrogens (tertiary/aromatic N) is 5. The highest BCUT2D eigenvalue weighted by Crippen LogP contribution is 2.30. The van der Waals surface area contributed by atoms with Crippen LogP contribution in [-0.4, -0.2) is 83.4 Å². The van der Waals surface area contributed by atoms with Crippen molar-refractivity contribution in [1.82, 2.24) is 25.1 Å². The van der Waals surface area contributed by atoms with Crippen LogP contribution in [0.5, 0.6) is 0 Å². The molecule has 194 valence electrons. The van der Waals surface area contributed by atoms with Gasteiger partial charge in [0.15, 0.2) is 22.5 Å². The van der Waals surface area contributed by atoms with Gasteiger partial charge in [0, 0.05) is 51.9 Å². The van der Waals surface area contributed by atoms with Crippen molar-refractivity contribution in [3.63, 3.8) is 0 Å². The summed E-state index contributed by atoms with van der Waals surface area (Å²) in [6, 6.07) is 5.35. The number of aromatic nitrogens is 2. The van der Waals surface area contributed by atoms with Crippen LogP contribution in [0.3, 0.4) is 0 Å². The molecule has 1 aromatic heterocycles. The Labute approximate surface area is 215 Å². The Bertz CT molecular complexity index is 1140. The number of aryl methyl sites for hydroxylation is 1. The minimum absolute atomic E-state index is 0.0174. The van der Waals surface area contributed by atoms with Crippen molar-refractivity contribution < 1.29 is 14.0 Å². The van der Waals surface area contributed by atoms with E-state index >= 15 is 0 Å². The Hall–Kier alpha value is -2.98. The molecule has 1 atom stereocenters. The summed E-state index contributed by atoms with van der Waals surface area (Å²) < 4.78 is 14.3. The fourth-order valence-corrected chi connectivity index (χ4v) is 5.42. The molecule has 2 aliphatic rings. The van der Waals surface area contributed by atoms with E-state index < -0.39 is 11.7 Å². The third kappa shape index (κ3) is 5.24. The van der Waals surface area contributed by atoms with E-state index in [-0.39, 0.29) is 34.2 Å². The van der Waals surface area contributed by atoms with Crippen molar-refractivity contribution in [1.29, 1.82) is 0 Å². The molecule has 0 unspecified atom stereocenters. The molecular weight excluding hydrogens is 485 g/mol. The standard InChI is InChI=1S/C25H33ClFN7O2/c1-4-16-14-33(23-21(26)30-20(22(28)31-23)24(35)29-3)11-12-34(16)17-7-9-32(10-8-17)25(36)18-6-5-15(2)13-19(18)27/h5-6,13,16-17H,4,7-12,14H2,1-3H3,(H2,28,31)(H,29,35)/t16-/m0/s1. The molecule has 2 amide bonds. The van der Waals surface area contributed by atoms with Gasteiger partial charge in [-0.25, -0.2) is 14.4 Å². The second-order valence-corrected chi connectivity index (χ2v) is 9.76. The topological polar surface area (TPSA) is 108 Å². The predicted molar refractivity (Wildman–Crippen MR) is 138 cm³/mol. The van der Waals surface area contributed by atoms with Gasteiger partial charge in [0.05, 0.1) is 5.56 Å². The molecule has 0 aliphatic carbocycles. The zero-order valence-electron chi connectivity index (χ0n) is 20.9. The second-order valence-electron chi connectivity index (χ2n) is 9.40. The number of carbonyl (C=O) groups excluding carboxylic acids is 2. The lowest BCUT2D eigenvalue weighted by Crippen LogP contribution is -2.58. The Morgan fingerprint density at radius 2 is 1.92 bits per heavy atom. The molecule has 11 heteroatoms. The van der Waals surface area contributed by atoms with Gasteiger partial charge in [0.2, 0.25) is 0 Å². The maximum Gasteiger partial charge on any atom is 0.273 e. The van der Waals surface area contributed by atoms with Crippen LogP contribution in [0.1, 0.15) is 52.6 Å². The lowest BCUT2D eigenvalue weighted by molar-refractivity contribution is 0.0487. The Morgan fingerprint density at radius 3 is 2.56 bits per heavy atom. The second kappa shape index (κ2) is 11.0. The molecule has 4 rings (SSSR count). The van der Waals surface area contributed by atoms with Gasteiger partial charge in [-0.2, -0.15) is 0 Å². The molecule has 2 saturated heterocycles. The SMILES string of the molecule is CC[C@H]1CN(c2nc(N)c(C(=O)NC)nc2Cl)CCN1C1CCN(C(=O)c2ccc(C)cc2F)CC1. The van der Waals surface area contributed by atoms with E-state index in [1.165, 1.54) is 13.1 Å². The van der Waals surface area contributed by atoms with Gasteiger partial charge < -0.3 is 20.9 Å². The van der Waals surface area contributed by atoms with Crippen LogP contribution in [0.15, 0.2) is 18.2 Å². The monoisotopic (exact) mass is 517 g/mol. The Kier molecular flexibility index (Phi) is 7.94. The zero-order valence-corrected chi connectivity index (χ0v) is 21.7. The van der Waals surface area contributed by atoms with E-state index in [0.29, 0.717) is 38.0 Å². The van der Waals surface area contributed by atoms with E-state index in [4.69, 9.17) is 17.3 Å². The van der Waals surface area contributed by atoms with Crippen LogP contribution >= 0.6 is 11.6 Å². The fourth-order valence-electron chi connectivity index (χ4n) is 5.18. The first kappa shape index (κ1) is 26.1. The zero-order chi connectivity index (χ0) is 26.0. The number of rotatable bonds is 5. The maximum absolute atomic E-state index is 14.3. The lowest BCUT2D eigenvalue weighted by Gasteiger charge is -2.47. The summed E-state index contributed by atoms with van der Waals surface area (Å²) >= 11 is 6.40. The van der Waals surface area contributed by atoms with Crippen molar-refractivity contribution in [2.24, 2.45) is 0 Å². The van der Waals surface area contributed by atoms with Crippen LogP contribution in [-0.2, 0) is 0 Å². The van der Waals surface area contributed by atoms with E-state index in [1.807, 2.05) is 6.92 Å². The molecule has 0 spiro atoms. The van der Waals surface area contributed by atoms with Crippen LogP contribution < -0.4 is 16.0 Å². The van der Waals surface area contributed by atoms with Crippen molar-refractivity contribution in [2.45, 2.75) is 45.2 Å². The number of nitrogens with two attached hydrogens (primary N) is 1. The third-order valence-corrected chi connectivity index (χ3v) is 7.43. The highest BCUT2D eigenvalue weighted by Gasteiger charge is 2.35. The van der Waals surface area contributed by atoms with Gasteiger partial charge in [-0.3, -0.25) is 14.5 Å². The van der Waals surface area contributed by atoms with E-state index in [2.05, 4.69) is 32.0 Å². The Morgan fingerprint density at radius 1 is 1.19 bits per heavy atom. The van der Waals surface area contributed by atoms with Crippen molar-refractivity contribution in [3.8, 4) is 0 Å². The number of anilines is 2. The number of hydrogen-bond donors (Lipinski definition) is 2. The fraction of sp³-hybridized carbons (Fsp3) is 0.520. The number of carbonyl (C=O) groups is 2. The molecule has 36 heavy (non-hydrogen) atoms. The minimum atomic E-state index is -0.463. The lowest BCUT2D eigenvalue weighted by atomic mass is 9.97. The van der Waals surface area contributed by atoms with Crippen LogP contribution in [0.25, 0.3) is 0 Å². The van der Waals surface area contributed by atoms with Gasteiger partial charge in [-0.1, -0.05) is 24.6 Å². The number of halogens is 2. The predicted octanol–water partition coefficient (Wildman–Crippen LogP) is 2.72. The largest absolute Gasteiger partial charge is 0.382 e. The number of piperidine rings is 1. The van der Waals surface area contributed by atoms with Gasteiger partial charge in [-0.05, 0) is 43.9 Å². The van der Waals surface area contributed by atoms with Gasteiger partial charge >= 0.3 is 0 Å². The first-order chi connectivity index (χ1) is 17.2. The average molecular weight is 518 g/mol. The number of likely N-dealkylation sites (tertiary alicyclic amines) is 1. The molecule has 9 nitrogen and oxygen atoms in total. The highest BCUT2D eigenvalue weighted by atomic mass is 35.5. The molecule has 3 heterocycles. The Balaban J connectivity index is 1.40. The summed E-state index contributed by atoms with van der Waals surface area (Å²) in [5, 5.41) is 2.64. The molecule has 0 bridgehead atoms. The van der Waals surface area contributed by atoms with E-state index in [9.17, 15) is 14.0 Å². The van der Waals surface area contributed by atoms with Gasteiger partial charge in [-0.15, -0.1) is 0 Å². The number of nitrogens with one attached hydrogen (secondary N) is 1. The third-order valence-electron chi connectivity index (χ3n) is 7.18. The number of piperazine rings is 1. The summed E-state index contributed by atoms with van der Waals surface area (Å²) in [7, 11) is 1.50. The molecule has 2 aliphatic heterocycles. The minimum Gasteiger partial charge on any atom is -0.382 e. The van der Waals surface area contributed by atoms with Crippen molar-refractivity contribution >= 4 is 35.1 Å². The summed E-state index contributed by atoms with van der Waals surface area (Å²) in [5.41, 5.74) is 6.95. The number of benzene rings is 1. The van der Waals surface area contributed by atoms with Crippen LogP contribution in [0.4, 0.5) is 16.0 Å². The molecule has 1 aromatic carbocycles. The summed E-state index contributed by atoms with van der Waals surface area (Å²) in [6.07, 6.45) is 2.61. The van der Waals surface area contributed by atoms with Crippen LogP contribution in [0, 0.1) is 12.7 Å². The van der Waals surface area contributed by atoms with Crippen molar-refractivity contribution in [2.75, 3.05) is 50.4 Å².